The first kappa shape index (κ1) is 29.5. The zero-order valence-corrected chi connectivity index (χ0v) is 22.7. The van der Waals surface area contributed by atoms with Crippen LogP contribution in [0.3, 0.4) is 0 Å². The maximum Gasteiger partial charge on any atom is 0.620 e. The monoisotopic (exact) mass is 531 g/mol. The van der Waals surface area contributed by atoms with Crippen LogP contribution in [0.2, 0.25) is 0 Å². The summed E-state index contributed by atoms with van der Waals surface area (Å²) < 4.78 is 5.17. The average Bonchev–Trinajstić information content (AvgIpc) is 2.95. The lowest BCUT2D eigenvalue weighted by molar-refractivity contribution is -0.156. The number of hydroxylamine groups is 1. The van der Waals surface area contributed by atoms with Crippen LogP contribution in [0.15, 0.2) is 84.9 Å². The molecule has 1 radical (unpaired) electrons. The summed E-state index contributed by atoms with van der Waals surface area (Å²) in [5, 5.41) is 6.02. The van der Waals surface area contributed by atoms with E-state index in [1.807, 2.05) is 74.5 Å². The zero-order chi connectivity index (χ0) is 28.0. The lowest BCUT2D eigenvalue weighted by Crippen LogP contribution is -2.52. The quantitative estimate of drug-likeness (QED) is 0.153. The van der Waals surface area contributed by atoms with Crippen molar-refractivity contribution in [1.82, 2.24) is 16.1 Å². The number of hydrogen-bond acceptors (Lipinski definition) is 7. The fraction of sp³-hybridized carbons (Fsp3) is 0.323. The van der Waals surface area contributed by atoms with Crippen LogP contribution in [0.1, 0.15) is 48.2 Å². The molecule has 0 aliphatic carbocycles. The van der Waals surface area contributed by atoms with Crippen LogP contribution < -0.4 is 20.9 Å². The second-order valence-corrected chi connectivity index (χ2v) is 9.69. The molecule has 0 aromatic heterocycles. The fourth-order valence-corrected chi connectivity index (χ4v) is 3.99. The molecule has 0 aliphatic rings. The predicted octanol–water partition coefficient (Wildman–Crippen LogP) is 4.21. The highest BCUT2D eigenvalue weighted by Crippen LogP contribution is 2.15. The molecule has 0 spiro atoms. The molecule has 0 saturated heterocycles. The second-order valence-electron chi connectivity index (χ2n) is 9.69. The van der Waals surface area contributed by atoms with E-state index in [-0.39, 0.29) is 18.1 Å². The Bertz CT molecular complexity index is 1180. The summed E-state index contributed by atoms with van der Waals surface area (Å²) in [4.78, 5) is 44.7. The van der Waals surface area contributed by atoms with Crippen LogP contribution in [0.25, 0.3) is 0 Å². The van der Waals surface area contributed by atoms with Crippen molar-refractivity contribution in [3.05, 3.63) is 102 Å². The van der Waals surface area contributed by atoms with E-state index in [2.05, 4.69) is 16.1 Å². The highest BCUT2D eigenvalue weighted by Gasteiger charge is 2.36. The van der Waals surface area contributed by atoms with E-state index in [4.69, 9.17) is 9.57 Å². The van der Waals surface area contributed by atoms with Gasteiger partial charge in [-0.25, -0.2) is 0 Å². The van der Waals surface area contributed by atoms with E-state index < -0.39 is 24.0 Å². The molecule has 8 heteroatoms. The number of ether oxygens (including phenoxy) is 1. The molecule has 0 unspecified atom stereocenters. The van der Waals surface area contributed by atoms with Gasteiger partial charge in [0.2, 0.25) is 5.91 Å². The van der Waals surface area contributed by atoms with Gasteiger partial charge in [0.15, 0.2) is 11.8 Å². The normalized spacial score (nSPS) is 12.4. The molecular weight excluding hydrogens is 494 g/mol. The van der Waals surface area contributed by atoms with E-state index in [1.165, 1.54) is 0 Å². The number of benzene rings is 3. The first-order valence-corrected chi connectivity index (χ1v) is 13.1. The maximum absolute atomic E-state index is 13.4. The first-order chi connectivity index (χ1) is 18.9. The van der Waals surface area contributed by atoms with Crippen molar-refractivity contribution in [2.24, 2.45) is 5.92 Å². The van der Waals surface area contributed by atoms with Gasteiger partial charge >= 0.3 is 5.97 Å². The van der Waals surface area contributed by atoms with Gasteiger partial charge in [0.25, 0.3) is 0 Å². The van der Waals surface area contributed by atoms with Gasteiger partial charge in [0, 0.05) is 18.5 Å². The third kappa shape index (κ3) is 10.00. The van der Waals surface area contributed by atoms with E-state index in [0.717, 1.165) is 11.1 Å². The van der Waals surface area contributed by atoms with Crippen molar-refractivity contribution < 1.29 is 24.0 Å². The molecule has 3 aromatic rings. The summed E-state index contributed by atoms with van der Waals surface area (Å²) in [6.45, 7) is 4.64. The summed E-state index contributed by atoms with van der Waals surface area (Å²) in [7, 11) is 1.56. The van der Waals surface area contributed by atoms with Crippen LogP contribution in [-0.4, -0.2) is 36.9 Å². The Balaban J connectivity index is 1.69. The van der Waals surface area contributed by atoms with Gasteiger partial charge in [0.05, 0.1) is 24.5 Å². The number of Topliss-reactive ketones (excluding diaryl/α,β-unsaturated/α-hetero) is 1. The molecule has 2 atom stereocenters. The van der Waals surface area contributed by atoms with Gasteiger partial charge in [-0.1, -0.05) is 74.5 Å². The largest absolute Gasteiger partial charge is 0.620 e. The van der Waals surface area contributed by atoms with Crippen LogP contribution in [0.5, 0.6) is 5.75 Å². The highest BCUT2D eigenvalue weighted by atomic mass is 16.7. The predicted molar refractivity (Wildman–Crippen MR) is 150 cm³/mol. The van der Waals surface area contributed by atoms with E-state index in [0.29, 0.717) is 30.8 Å². The molecule has 0 heterocycles. The van der Waals surface area contributed by atoms with E-state index in [9.17, 15) is 14.4 Å². The molecule has 0 bridgehead atoms. The van der Waals surface area contributed by atoms with Crippen LogP contribution in [-0.2, 0) is 27.5 Å². The van der Waals surface area contributed by atoms with Gasteiger partial charge in [-0.3, -0.25) is 9.59 Å². The minimum absolute atomic E-state index is 0.0826. The summed E-state index contributed by atoms with van der Waals surface area (Å²) in [6.07, 6.45) is 0.302. The van der Waals surface area contributed by atoms with Crippen LogP contribution in [0.4, 0.5) is 0 Å². The van der Waals surface area contributed by atoms with Crippen molar-refractivity contribution in [2.45, 2.75) is 51.9 Å². The van der Waals surface area contributed by atoms with Crippen molar-refractivity contribution >= 4 is 17.7 Å². The minimum atomic E-state index is -0.877. The Labute approximate surface area is 230 Å². The third-order valence-electron chi connectivity index (χ3n) is 6.11. The van der Waals surface area contributed by atoms with Crippen molar-refractivity contribution in [1.29, 1.82) is 0 Å². The molecule has 3 aromatic carbocycles. The summed E-state index contributed by atoms with van der Waals surface area (Å²) in [5.74, 6) is -0.479. The zero-order valence-electron chi connectivity index (χ0n) is 22.7. The Morgan fingerprint density at radius 3 is 1.97 bits per heavy atom. The lowest BCUT2D eigenvalue weighted by Gasteiger charge is -2.21. The number of hydrogen-bond donors (Lipinski definition) is 3. The fourth-order valence-electron chi connectivity index (χ4n) is 3.99. The van der Waals surface area contributed by atoms with Gasteiger partial charge in [0.1, 0.15) is 5.75 Å². The molecule has 8 nitrogen and oxygen atoms in total. The molecule has 0 aliphatic heterocycles. The number of nitrogens with one attached hydrogen (secondary N) is 3. The summed E-state index contributed by atoms with van der Waals surface area (Å²) in [5.41, 5.74) is 5.08. The summed E-state index contributed by atoms with van der Waals surface area (Å²) in [6, 6.07) is 24.1. The van der Waals surface area contributed by atoms with E-state index in [1.54, 1.807) is 31.4 Å². The number of methoxy groups -OCH3 is 1. The average molecular weight is 532 g/mol. The van der Waals surface area contributed by atoms with Gasteiger partial charge < -0.3 is 15.4 Å². The van der Waals surface area contributed by atoms with Gasteiger partial charge in [-0.05, 0) is 53.2 Å². The Kier molecular flexibility index (Phi) is 11.7. The molecule has 3 rings (SSSR count). The van der Waals surface area contributed by atoms with Gasteiger partial charge in [-0.2, -0.15) is 4.84 Å². The molecule has 1 amide bonds. The molecule has 39 heavy (non-hydrogen) atoms. The number of rotatable bonds is 15. The maximum atomic E-state index is 13.4. The molecule has 205 valence electrons. The highest BCUT2D eigenvalue weighted by molar-refractivity contribution is 6.00. The summed E-state index contributed by atoms with van der Waals surface area (Å²) >= 11 is 0. The van der Waals surface area contributed by atoms with Crippen molar-refractivity contribution in [2.75, 3.05) is 7.11 Å². The van der Waals surface area contributed by atoms with E-state index >= 15 is 0 Å². The number of carbonyl (C=O) groups is 3. The third-order valence-corrected chi connectivity index (χ3v) is 6.11. The van der Waals surface area contributed by atoms with Crippen LogP contribution >= 0.6 is 0 Å². The Hall–Kier alpha value is -4.01. The topological polar surface area (TPSA) is 109 Å². The molecule has 3 N–H and O–H groups in total. The smallest absolute Gasteiger partial charge is 0.497 e. The number of carbonyl (C=O) groups excluding carboxylic acids is 3. The van der Waals surface area contributed by atoms with Crippen LogP contribution in [0, 0.1) is 5.92 Å². The minimum Gasteiger partial charge on any atom is -0.497 e. The van der Waals surface area contributed by atoms with Crippen molar-refractivity contribution in [3.8, 4) is 5.75 Å². The SMILES string of the molecule is COc1ccc(C(=O)C[C@@H](NCc2ccccc2)C(=O)N[C@@H](CC(C)C)C(=[O+])ONCc2ccccc2)cc1. The molecule has 0 fully saturated rings. The standard InChI is InChI=1S/C31H37N3O5/c1-22(2)18-28(31(37)39-33-21-24-12-8-5-9-13-24)34-30(36)27(32-20-23-10-6-4-7-11-23)19-29(35)25-14-16-26(38-3)17-15-25/h4-17,22,27-28,32-33H,18-21H2,1-3H3,(H,34,36)/q+1/t27-,28+/m1/s1. The number of amides is 1. The second kappa shape index (κ2) is 15.4. The molecule has 0 saturated carbocycles. The molecular formula is C31H37N3O5+. The Morgan fingerprint density at radius 2 is 1.41 bits per heavy atom. The number of ketones is 1. The Morgan fingerprint density at radius 1 is 0.821 bits per heavy atom. The van der Waals surface area contributed by atoms with Gasteiger partial charge in [-0.15, -0.1) is 0 Å². The lowest BCUT2D eigenvalue weighted by atomic mass is 10.0. The first-order valence-electron chi connectivity index (χ1n) is 13.1. The van der Waals surface area contributed by atoms with Crippen molar-refractivity contribution in [3.63, 3.8) is 0 Å².